The molecular formula is C23H16Cl2F4N2O. The zero-order valence-corrected chi connectivity index (χ0v) is 17.8. The maximum Gasteiger partial charge on any atom is 0.409 e. The van der Waals surface area contributed by atoms with Crippen molar-refractivity contribution in [2.75, 3.05) is 11.6 Å². The van der Waals surface area contributed by atoms with E-state index in [1.807, 2.05) is 0 Å². The number of benzene rings is 3. The molecule has 3 aromatic rings. The van der Waals surface area contributed by atoms with Gasteiger partial charge in [-0.15, -0.1) is 0 Å². The van der Waals surface area contributed by atoms with Crippen LogP contribution in [-0.4, -0.2) is 18.8 Å². The topological polar surface area (TPSA) is 24.5 Å². The van der Waals surface area contributed by atoms with Crippen LogP contribution in [-0.2, 0) is 0 Å². The number of ether oxygens (including phenoxy) is 1. The van der Waals surface area contributed by atoms with Gasteiger partial charge in [0.25, 0.3) is 0 Å². The smallest absolute Gasteiger partial charge is 0.409 e. The lowest BCUT2D eigenvalue weighted by molar-refractivity contribution is -0.142. The minimum atomic E-state index is -4.51. The summed E-state index contributed by atoms with van der Waals surface area (Å²) in [4.78, 5) is 0. The highest BCUT2D eigenvalue weighted by Crippen LogP contribution is 2.38. The van der Waals surface area contributed by atoms with Gasteiger partial charge < -0.3 is 4.74 Å². The number of rotatable bonds is 5. The summed E-state index contributed by atoms with van der Waals surface area (Å²) in [5, 5.41) is 1.58. The van der Waals surface area contributed by atoms with E-state index in [-0.39, 0.29) is 33.9 Å². The Morgan fingerprint density at radius 2 is 1.56 bits per heavy atom. The van der Waals surface area contributed by atoms with Gasteiger partial charge in [-0.25, -0.2) is 9.82 Å². The molecule has 166 valence electrons. The summed E-state index contributed by atoms with van der Waals surface area (Å²) in [6.45, 7) is -0.166. The van der Waals surface area contributed by atoms with Gasteiger partial charge in [-0.2, -0.15) is 13.2 Å². The summed E-state index contributed by atoms with van der Waals surface area (Å²) in [7, 11) is 0. The second-order valence-corrected chi connectivity index (χ2v) is 7.85. The molecule has 3 aromatic carbocycles. The molecule has 1 atom stereocenters. The Bertz CT molecular complexity index is 1130. The molecule has 1 aliphatic rings. The molecule has 4 rings (SSSR count). The summed E-state index contributed by atoms with van der Waals surface area (Å²) < 4.78 is 59.2. The fraction of sp³-hybridized carbons (Fsp3) is 0.130. The van der Waals surface area contributed by atoms with Crippen molar-refractivity contribution in [1.82, 2.24) is 5.43 Å². The Morgan fingerprint density at radius 3 is 2.19 bits per heavy atom. The van der Waals surface area contributed by atoms with Crippen LogP contribution in [0, 0.1) is 5.82 Å². The second-order valence-electron chi connectivity index (χ2n) is 7.04. The minimum absolute atomic E-state index is 0.166. The molecule has 0 aromatic heterocycles. The first-order valence-corrected chi connectivity index (χ1v) is 10.2. The van der Waals surface area contributed by atoms with Crippen molar-refractivity contribution in [1.29, 1.82) is 0 Å². The molecule has 0 amide bonds. The third-order valence-corrected chi connectivity index (χ3v) is 5.44. The van der Waals surface area contributed by atoms with Crippen molar-refractivity contribution in [2.45, 2.75) is 12.2 Å². The minimum Gasteiger partial charge on any atom is -0.487 e. The van der Waals surface area contributed by atoms with Gasteiger partial charge in [0.1, 0.15) is 24.2 Å². The van der Waals surface area contributed by atoms with Gasteiger partial charge in [-0.1, -0.05) is 53.5 Å². The first-order chi connectivity index (χ1) is 15.2. The Labute approximate surface area is 191 Å². The van der Waals surface area contributed by atoms with Crippen molar-refractivity contribution < 1.29 is 22.3 Å². The molecule has 0 fully saturated rings. The van der Waals surface area contributed by atoms with Crippen LogP contribution in [0.1, 0.15) is 0 Å². The molecule has 9 heteroatoms. The first kappa shape index (κ1) is 22.5. The fourth-order valence-corrected chi connectivity index (χ4v) is 3.85. The fourth-order valence-electron chi connectivity index (χ4n) is 3.29. The van der Waals surface area contributed by atoms with E-state index in [0.717, 1.165) is 11.6 Å². The summed E-state index contributed by atoms with van der Waals surface area (Å²) >= 11 is 12.4. The summed E-state index contributed by atoms with van der Waals surface area (Å²) in [5.41, 5.74) is 4.27. The predicted octanol–water partition coefficient (Wildman–Crippen LogP) is 7.02. The molecule has 0 aliphatic carbocycles. The molecule has 0 saturated heterocycles. The van der Waals surface area contributed by atoms with Crippen molar-refractivity contribution in [3.63, 3.8) is 0 Å². The van der Waals surface area contributed by atoms with Crippen LogP contribution in [0.25, 0.3) is 11.1 Å². The monoisotopic (exact) mass is 482 g/mol. The van der Waals surface area contributed by atoms with Crippen molar-refractivity contribution in [2.24, 2.45) is 0 Å². The SMILES string of the molecule is Fc1cccc(-c2ccc(OCC3=CC(C(F)(F)F)NN3c3c(Cl)cccc3Cl)cc2)c1. The van der Waals surface area contributed by atoms with E-state index in [2.05, 4.69) is 5.43 Å². The maximum absolute atomic E-state index is 13.4. The van der Waals surface area contributed by atoms with Gasteiger partial charge in [0, 0.05) is 0 Å². The van der Waals surface area contributed by atoms with Crippen LogP contribution in [0.2, 0.25) is 10.0 Å². The summed E-state index contributed by atoms with van der Waals surface area (Å²) in [5.74, 6) is 0.0905. The van der Waals surface area contributed by atoms with Gasteiger partial charge in [0.15, 0.2) is 0 Å². The molecule has 1 N–H and O–H groups in total. The van der Waals surface area contributed by atoms with Crippen LogP contribution < -0.4 is 15.2 Å². The molecule has 1 unspecified atom stereocenters. The zero-order chi connectivity index (χ0) is 22.9. The number of hydrazine groups is 1. The third-order valence-electron chi connectivity index (χ3n) is 4.83. The quantitative estimate of drug-likeness (QED) is 0.395. The Morgan fingerprint density at radius 1 is 0.906 bits per heavy atom. The normalized spacial score (nSPS) is 16.2. The highest BCUT2D eigenvalue weighted by Gasteiger charge is 2.44. The number of para-hydroxylation sites is 1. The molecule has 0 spiro atoms. The summed E-state index contributed by atoms with van der Waals surface area (Å²) in [6.07, 6.45) is -3.49. The molecule has 1 aliphatic heterocycles. The van der Waals surface area contributed by atoms with E-state index in [1.54, 1.807) is 42.5 Å². The van der Waals surface area contributed by atoms with E-state index in [4.69, 9.17) is 27.9 Å². The van der Waals surface area contributed by atoms with E-state index in [1.165, 1.54) is 29.3 Å². The van der Waals surface area contributed by atoms with E-state index >= 15 is 0 Å². The van der Waals surface area contributed by atoms with Crippen LogP contribution in [0.15, 0.2) is 78.5 Å². The number of halogens is 6. The van der Waals surface area contributed by atoms with Gasteiger partial charge >= 0.3 is 6.18 Å². The van der Waals surface area contributed by atoms with Gasteiger partial charge in [0.05, 0.1) is 21.4 Å². The van der Waals surface area contributed by atoms with Crippen LogP contribution in [0.3, 0.4) is 0 Å². The van der Waals surface area contributed by atoms with Crippen molar-refractivity contribution in [3.8, 4) is 16.9 Å². The number of nitrogens with one attached hydrogen (secondary N) is 1. The van der Waals surface area contributed by atoms with Gasteiger partial charge in [-0.3, -0.25) is 5.01 Å². The second kappa shape index (κ2) is 9.02. The molecule has 0 bridgehead atoms. The number of hydrogen-bond donors (Lipinski definition) is 1. The van der Waals surface area contributed by atoms with Crippen LogP contribution >= 0.6 is 23.2 Å². The largest absolute Gasteiger partial charge is 0.487 e. The maximum atomic E-state index is 13.4. The molecule has 0 radical (unpaired) electrons. The number of nitrogens with zero attached hydrogens (tertiary/aromatic N) is 1. The standard InChI is InChI=1S/C23H16Cl2F4N2O/c24-19-5-2-6-20(25)22(19)31-17(12-21(30-31)23(27,28)29)13-32-18-9-7-14(8-10-18)15-3-1-4-16(26)11-15/h1-12,21,30H,13H2. The Kier molecular flexibility index (Phi) is 6.33. The van der Waals surface area contributed by atoms with Gasteiger partial charge in [0.2, 0.25) is 0 Å². The van der Waals surface area contributed by atoms with E-state index < -0.39 is 12.2 Å². The first-order valence-electron chi connectivity index (χ1n) is 9.49. The molecule has 32 heavy (non-hydrogen) atoms. The predicted molar refractivity (Wildman–Crippen MR) is 117 cm³/mol. The van der Waals surface area contributed by atoms with E-state index in [9.17, 15) is 17.6 Å². The number of hydrogen-bond acceptors (Lipinski definition) is 3. The van der Waals surface area contributed by atoms with Crippen LogP contribution in [0.5, 0.6) is 5.75 Å². The van der Waals surface area contributed by atoms with Gasteiger partial charge in [-0.05, 0) is 53.6 Å². The Hall–Kier alpha value is -2.74. The van der Waals surface area contributed by atoms with E-state index in [0.29, 0.717) is 11.3 Å². The third kappa shape index (κ3) is 4.85. The van der Waals surface area contributed by atoms with Crippen molar-refractivity contribution in [3.05, 3.63) is 94.4 Å². The molecular weight excluding hydrogens is 467 g/mol. The zero-order valence-electron chi connectivity index (χ0n) is 16.3. The lowest BCUT2D eigenvalue weighted by Crippen LogP contribution is -2.45. The Balaban J connectivity index is 1.54. The molecule has 0 saturated carbocycles. The highest BCUT2D eigenvalue weighted by molar-refractivity contribution is 6.39. The number of alkyl halides is 3. The lowest BCUT2D eigenvalue weighted by atomic mass is 10.1. The highest BCUT2D eigenvalue weighted by atomic mass is 35.5. The average molecular weight is 483 g/mol. The van der Waals surface area contributed by atoms with Crippen molar-refractivity contribution >= 4 is 28.9 Å². The number of anilines is 1. The van der Waals surface area contributed by atoms with Crippen LogP contribution in [0.4, 0.5) is 23.2 Å². The summed E-state index contributed by atoms with van der Waals surface area (Å²) in [6, 6.07) is 15.7. The lowest BCUT2D eigenvalue weighted by Gasteiger charge is -2.26. The molecule has 1 heterocycles. The molecule has 3 nitrogen and oxygen atoms in total. The average Bonchev–Trinajstić information content (AvgIpc) is 3.17.